The van der Waals surface area contributed by atoms with E-state index in [1.807, 2.05) is 0 Å². The molecule has 0 amide bonds. The molecule has 3 nitrogen and oxygen atoms in total. The molecule has 0 saturated carbocycles. The van der Waals surface area contributed by atoms with Crippen molar-refractivity contribution in [3.63, 3.8) is 0 Å². The number of aliphatic carboxylic acids is 1. The quantitative estimate of drug-likeness (QED) is 0.389. The molecule has 0 aliphatic heterocycles. The number of carboxylic acids is 1. The fourth-order valence-electron chi connectivity index (χ4n) is 2.86. The van der Waals surface area contributed by atoms with Crippen molar-refractivity contribution in [3.05, 3.63) is 0 Å². The van der Waals surface area contributed by atoms with Gasteiger partial charge in [0.15, 0.2) is 0 Å². The van der Waals surface area contributed by atoms with Crippen LogP contribution in [-0.2, 0) is 4.79 Å². The highest BCUT2D eigenvalue weighted by molar-refractivity contribution is 5.62. The zero-order valence-electron chi connectivity index (χ0n) is 18.5. The summed E-state index contributed by atoms with van der Waals surface area (Å²) in [6.45, 7) is 15.6. The SMILES string of the molecule is CC(=O)O.CC(C)CC(C)(C)C.CCCCCCCCCCCCN. The Kier molecular flexibility index (Phi) is 25.1. The molecule has 0 rings (SSSR count). The van der Waals surface area contributed by atoms with Gasteiger partial charge in [0, 0.05) is 6.92 Å². The molecule has 0 fully saturated rings. The highest BCUT2D eigenvalue weighted by Crippen LogP contribution is 2.23. The Balaban J connectivity index is -0.000000342. The predicted molar refractivity (Wildman–Crippen MR) is 113 cm³/mol. The molecule has 25 heavy (non-hydrogen) atoms. The molecule has 3 N–H and O–H groups in total. The van der Waals surface area contributed by atoms with Crippen molar-refractivity contribution >= 4 is 5.97 Å². The number of carboxylic acid groups (broad SMARTS) is 1. The molecular formula is C22H49NO2. The van der Waals surface area contributed by atoms with Gasteiger partial charge < -0.3 is 10.8 Å². The third-order valence-electron chi connectivity index (χ3n) is 3.58. The summed E-state index contributed by atoms with van der Waals surface area (Å²) in [6.07, 6.45) is 15.3. The van der Waals surface area contributed by atoms with Gasteiger partial charge in [-0.3, -0.25) is 4.79 Å². The predicted octanol–water partition coefficient (Wildman–Crippen LogP) is 7.04. The van der Waals surface area contributed by atoms with Crippen LogP contribution >= 0.6 is 0 Å². The lowest BCUT2D eigenvalue weighted by atomic mass is 9.86. The van der Waals surface area contributed by atoms with Crippen molar-refractivity contribution in [2.24, 2.45) is 17.1 Å². The van der Waals surface area contributed by atoms with Crippen LogP contribution in [0.4, 0.5) is 0 Å². The van der Waals surface area contributed by atoms with Crippen LogP contribution in [0, 0.1) is 11.3 Å². The molecule has 0 unspecified atom stereocenters. The van der Waals surface area contributed by atoms with Crippen LogP contribution in [0.5, 0.6) is 0 Å². The topological polar surface area (TPSA) is 63.3 Å². The van der Waals surface area contributed by atoms with E-state index in [1.165, 1.54) is 70.6 Å². The van der Waals surface area contributed by atoms with Gasteiger partial charge in [0.05, 0.1) is 0 Å². The van der Waals surface area contributed by atoms with E-state index in [0.717, 1.165) is 19.4 Å². The van der Waals surface area contributed by atoms with E-state index in [0.29, 0.717) is 5.41 Å². The van der Waals surface area contributed by atoms with Crippen molar-refractivity contribution in [2.75, 3.05) is 6.54 Å². The van der Waals surface area contributed by atoms with E-state index in [-0.39, 0.29) is 0 Å². The molecule has 0 aromatic carbocycles. The number of nitrogens with two attached hydrogens (primary N) is 1. The van der Waals surface area contributed by atoms with Crippen LogP contribution in [-0.4, -0.2) is 17.6 Å². The van der Waals surface area contributed by atoms with Crippen LogP contribution in [0.15, 0.2) is 0 Å². The molecule has 0 spiro atoms. The summed E-state index contributed by atoms with van der Waals surface area (Å²) in [5.74, 6) is 0.00926. The minimum atomic E-state index is -0.833. The minimum Gasteiger partial charge on any atom is -0.481 e. The van der Waals surface area contributed by atoms with Gasteiger partial charge in [-0.25, -0.2) is 0 Å². The first-order valence-corrected chi connectivity index (χ1v) is 10.5. The van der Waals surface area contributed by atoms with Crippen molar-refractivity contribution in [1.82, 2.24) is 0 Å². The maximum Gasteiger partial charge on any atom is 0.300 e. The molecule has 0 aromatic rings. The fraction of sp³-hybridized carbons (Fsp3) is 0.955. The van der Waals surface area contributed by atoms with Gasteiger partial charge in [0.1, 0.15) is 0 Å². The summed E-state index contributed by atoms with van der Waals surface area (Å²) in [4.78, 5) is 9.00. The Bertz CT molecular complexity index is 243. The second kappa shape index (κ2) is 21.5. The van der Waals surface area contributed by atoms with E-state index in [9.17, 15) is 0 Å². The van der Waals surface area contributed by atoms with E-state index in [4.69, 9.17) is 15.6 Å². The molecule has 0 aliphatic rings. The normalized spacial score (nSPS) is 10.6. The standard InChI is InChI=1S/C12H27N.C8H18.C2H4O2/c1-2-3-4-5-6-7-8-9-10-11-12-13;1-7(2)6-8(3,4)5;1-2(3)4/h2-13H2,1H3;7H,6H2,1-5H3;1H3,(H,3,4). The number of rotatable bonds is 11. The third kappa shape index (κ3) is 51.7. The largest absolute Gasteiger partial charge is 0.481 e. The van der Waals surface area contributed by atoms with Crippen molar-refractivity contribution < 1.29 is 9.90 Å². The van der Waals surface area contributed by atoms with Gasteiger partial charge in [-0.05, 0) is 30.7 Å². The number of unbranched alkanes of at least 4 members (excludes halogenated alkanes) is 9. The molecule has 0 bridgehead atoms. The zero-order chi connectivity index (χ0) is 20.1. The summed E-state index contributed by atoms with van der Waals surface area (Å²) < 4.78 is 0. The summed E-state index contributed by atoms with van der Waals surface area (Å²) in [6, 6.07) is 0. The van der Waals surface area contributed by atoms with Crippen LogP contribution in [0.25, 0.3) is 0 Å². The molecule has 0 heterocycles. The summed E-state index contributed by atoms with van der Waals surface area (Å²) in [7, 11) is 0. The van der Waals surface area contributed by atoms with E-state index < -0.39 is 5.97 Å². The van der Waals surface area contributed by atoms with Gasteiger partial charge in [0.25, 0.3) is 5.97 Å². The minimum absolute atomic E-state index is 0.522. The van der Waals surface area contributed by atoms with Crippen molar-refractivity contribution in [1.29, 1.82) is 0 Å². The number of hydrogen-bond acceptors (Lipinski definition) is 2. The Morgan fingerprint density at radius 3 is 1.40 bits per heavy atom. The Morgan fingerprint density at radius 2 is 1.20 bits per heavy atom. The molecule has 0 radical (unpaired) electrons. The average molecular weight is 360 g/mol. The average Bonchev–Trinajstić information content (AvgIpc) is 2.43. The molecule has 3 heteroatoms. The van der Waals surface area contributed by atoms with Crippen LogP contribution in [0.2, 0.25) is 0 Å². The van der Waals surface area contributed by atoms with E-state index in [2.05, 4.69) is 41.5 Å². The van der Waals surface area contributed by atoms with E-state index in [1.54, 1.807) is 0 Å². The van der Waals surface area contributed by atoms with Crippen LogP contribution < -0.4 is 5.73 Å². The Hall–Kier alpha value is -0.570. The monoisotopic (exact) mass is 359 g/mol. The smallest absolute Gasteiger partial charge is 0.300 e. The molecular weight excluding hydrogens is 310 g/mol. The molecule has 0 aromatic heterocycles. The van der Waals surface area contributed by atoms with Gasteiger partial charge in [-0.2, -0.15) is 0 Å². The second-order valence-corrected chi connectivity index (χ2v) is 8.65. The first-order chi connectivity index (χ1) is 11.6. The van der Waals surface area contributed by atoms with Gasteiger partial charge in [-0.15, -0.1) is 0 Å². The van der Waals surface area contributed by atoms with Crippen molar-refractivity contribution in [3.8, 4) is 0 Å². The van der Waals surface area contributed by atoms with Gasteiger partial charge >= 0.3 is 0 Å². The maximum absolute atomic E-state index is 9.00. The van der Waals surface area contributed by atoms with Crippen molar-refractivity contribution in [2.45, 2.75) is 119 Å². The van der Waals surface area contributed by atoms with Gasteiger partial charge in [-0.1, -0.05) is 99.3 Å². The molecule has 0 atom stereocenters. The highest BCUT2D eigenvalue weighted by atomic mass is 16.4. The number of hydrogen-bond donors (Lipinski definition) is 2. The summed E-state index contributed by atoms with van der Waals surface area (Å²) >= 11 is 0. The first-order valence-electron chi connectivity index (χ1n) is 10.5. The summed E-state index contributed by atoms with van der Waals surface area (Å²) in [5.41, 5.74) is 5.95. The first kappa shape index (κ1) is 29.2. The molecule has 0 aliphatic carbocycles. The Morgan fingerprint density at radius 1 is 0.880 bits per heavy atom. The lowest BCUT2D eigenvalue weighted by Gasteiger charge is -2.19. The highest BCUT2D eigenvalue weighted by Gasteiger charge is 2.11. The lowest BCUT2D eigenvalue weighted by molar-refractivity contribution is -0.134. The van der Waals surface area contributed by atoms with E-state index >= 15 is 0 Å². The third-order valence-corrected chi connectivity index (χ3v) is 3.58. The molecule has 154 valence electrons. The fourth-order valence-corrected chi connectivity index (χ4v) is 2.86. The Labute approximate surface area is 159 Å². The zero-order valence-corrected chi connectivity index (χ0v) is 18.5. The van der Waals surface area contributed by atoms with Gasteiger partial charge in [0.2, 0.25) is 0 Å². The lowest BCUT2D eigenvalue weighted by Crippen LogP contribution is -2.08. The van der Waals surface area contributed by atoms with Crippen LogP contribution in [0.3, 0.4) is 0 Å². The van der Waals surface area contributed by atoms with Crippen LogP contribution in [0.1, 0.15) is 119 Å². The number of carbonyl (C=O) groups is 1. The summed E-state index contributed by atoms with van der Waals surface area (Å²) in [5, 5.41) is 7.42. The maximum atomic E-state index is 9.00. The second-order valence-electron chi connectivity index (χ2n) is 8.65. The molecule has 0 saturated heterocycles.